The van der Waals surface area contributed by atoms with Gasteiger partial charge in [0.05, 0.1) is 4.90 Å². The Morgan fingerprint density at radius 3 is 2.16 bits per heavy atom. The maximum Gasteiger partial charge on any atom is 0.251 e. The van der Waals surface area contributed by atoms with Crippen LogP contribution >= 0.6 is 0 Å². The summed E-state index contributed by atoms with van der Waals surface area (Å²) in [6, 6.07) is 10.8. The van der Waals surface area contributed by atoms with Crippen molar-refractivity contribution in [3.05, 3.63) is 65.5 Å². The van der Waals surface area contributed by atoms with Crippen LogP contribution in [0, 0.1) is 11.7 Å². The molecule has 172 valence electrons. The molecule has 3 rings (SSSR count). The molecule has 9 heteroatoms. The number of hydrogen-bond donors (Lipinski definition) is 2. The maximum absolute atomic E-state index is 13.1. The van der Waals surface area contributed by atoms with Crippen molar-refractivity contribution in [3.63, 3.8) is 0 Å². The summed E-state index contributed by atoms with van der Waals surface area (Å²) in [6.07, 6.45) is 1.75. The molecule has 1 heterocycles. The second-order valence-electron chi connectivity index (χ2n) is 8.17. The van der Waals surface area contributed by atoms with E-state index < -0.39 is 27.8 Å². The van der Waals surface area contributed by atoms with E-state index in [1.165, 1.54) is 28.6 Å². The fourth-order valence-corrected chi connectivity index (χ4v) is 5.03. The van der Waals surface area contributed by atoms with E-state index in [2.05, 4.69) is 10.6 Å². The van der Waals surface area contributed by atoms with Crippen LogP contribution in [0.25, 0.3) is 0 Å². The minimum Gasteiger partial charge on any atom is -0.350 e. The van der Waals surface area contributed by atoms with Crippen LogP contribution in [0.15, 0.2) is 53.4 Å². The molecule has 1 aliphatic rings. The minimum atomic E-state index is -3.48. The SMILES string of the molecule is CC(C)C(NC(=O)c1ccc(F)cc1)C(=O)NCc1ccc(S(=O)(=O)N2CCCC2)cc1. The van der Waals surface area contributed by atoms with E-state index in [0.717, 1.165) is 18.4 Å². The molecule has 2 amide bonds. The van der Waals surface area contributed by atoms with E-state index in [4.69, 9.17) is 0 Å². The standard InChI is InChI=1S/C23H28FN3O4S/c1-16(2)21(26-22(28)18-7-9-19(24)10-8-18)23(29)25-15-17-5-11-20(12-6-17)32(30,31)27-13-3-4-14-27/h5-12,16,21H,3-4,13-15H2,1-2H3,(H,25,29)(H,26,28). The zero-order valence-electron chi connectivity index (χ0n) is 18.2. The van der Waals surface area contributed by atoms with Gasteiger partial charge in [0.25, 0.3) is 5.91 Å². The number of rotatable bonds is 8. The van der Waals surface area contributed by atoms with Gasteiger partial charge in [-0.1, -0.05) is 26.0 Å². The van der Waals surface area contributed by atoms with E-state index >= 15 is 0 Å². The van der Waals surface area contributed by atoms with Crippen LogP contribution in [-0.2, 0) is 21.4 Å². The van der Waals surface area contributed by atoms with Gasteiger partial charge in [-0.2, -0.15) is 4.31 Å². The Balaban J connectivity index is 1.60. The predicted molar refractivity (Wildman–Crippen MR) is 119 cm³/mol. The normalized spacial score (nSPS) is 15.5. The van der Waals surface area contributed by atoms with Crippen molar-refractivity contribution in [3.8, 4) is 0 Å². The monoisotopic (exact) mass is 461 g/mol. The molecule has 0 bridgehead atoms. The molecule has 1 aliphatic heterocycles. The van der Waals surface area contributed by atoms with Gasteiger partial charge in [0, 0.05) is 25.2 Å². The number of carbonyl (C=O) groups excluding carboxylic acids is 2. The van der Waals surface area contributed by atoms with Gasteiger partial charge in [-0.05, 0) is 60.7 Å². The number of amides is 2. The predicted octanol–water partition coefficient (Wildman–Crippen LogP) is 2.68. The van der Waals surface area contributed by atoms with Crippen LogP contribution in [0.3, 0.4) is 0 Å². The molecule has 0 spiro atoms. The Hall–Kier alpha value is -2.78. The summed E-state index contributed by atoms with van der Waals surface area (Å²) in [7, 11) is -3.48. The summed E-state index contributed by atoms with van der Waals surface area (Å²) < 4.78 is 39.8. The Kier molecular flexibility index (Phi) is 7.63. The van der Waals surface area contributed by atoms with E-state index in [1.807, 2.05) is 13.8 Å². The van der Waals surface area contributed by atoms with E-state index in [9.17, 15) is 22.4 Å². The summed E-state index contributed by atoms with van der Waals surface area (Å²) in [4.78, 5) is 25.3. The van der Waals surface area contributed by atoms with Crippen molar-refractivity contribution in [1.82, 2.24) is 14.9 Å². The van der Waals surface area contributed by atoms with Crippen LogP contribution in [0.2, 0.25) is 0 Å². The molecule has 0 aromatic heterocycles. The molecule has 0 aliphatic carbocycles. The van der Waals surface area contributed by atoms with Crippen LogP contribution in [0.4, 0.5) is 4.39 Å². The third kappa shape index (κ3) is 5.72. The number of nitrogens with one attached hydrogen (secondary N) is 2. The fraction of sp³-hybridized carbons (Fsp3) is 0.391. The highest BCUT2D eigenvalue weighted by atomic mass is 32.2. The van der Waals surface area contributed by atoms with Gasteiger partial charge >= 0.3 is 0 Å². The third-order valence-electron chi connectivity index (χ3n) is 5.44. The van der Waals surface area contributed by atoms with Crippen molar-refractivity contribution in [1.29, 1.82) is 0 Å². The number of hydrogen-bond acceptors (Lipinski definition) is 4. The van der Waals surface area contributed by atoms with Crippen LogP contribution < -0.4 is 10.6 Å². The zero-order valence-corrected chi connectivity index (χ0v) is 19.0. The van der Waals surface area contributed by atoms with Crippen molar-refractivity contribution >= 4 is 21.8 Å². The quantitative estimate of drug-likeness (QED) is 0.632. The zero-order chi connectivity index (χ0) is 23.3. The van der Waals surface area contributed by atoms with Gasteiger partial charge < -0.3 is 10.6 Å². The number of benzene rings is 2. The Morgan fingerprint density at radius 1 is 1.00 bits per heavy atom. The highest BCUT2D eigenvalue weighted by molar-refractivity contribution is 7.89. The van der Waals surface area contributed by atoms with Crippen molar-refractivity contribution in [2.75, 3.05) is 13.1 Å². The van der Waals surface area contributed by atoms with Gasteiger partial charge in [-0.3, -0.25) is 9.59 Å². The molecule has 0 saturated carbocycles. The molecular weight excluding hydrogens is 433 g/mol. The molecular formula is C23H28FN3O4S. The first-order chi connectivity index (χ1) is 15.2. The highest BCUT2D eigenvalue weighted by Crippen LogP contribution is 2.21. The summed E-state index contributed by atoms with van der Waals surface area (Å²) >= 11 is 0. The lowest BCUT2D eigenvalue weighted by Gasteiger charge is -2.22. The van der Waals surface area contributed by atoms with Gasteiger partial charge in [0.2, 0.25) is 15.9 Å². The van der Waals surface area contributed by atoms with Gasteiger partial charge in [0.15, 0.2) is 0 Å². The van der Waals surface area contributed by atoms with E-state index in [0.29, 0.717) is 13.1 Å². The average Bonchev–Trinajstić information content (AvgIpc) is 3.32. The first kappa shape index (κ1) is 23.9. The van der Waals surface area contributed by atoms with Gasteiger partial charge in [-0.25, -0.2) is 12.8 Å². The molecule has 32 heavy (non-hydrogen) atoms. The third-order valence-corrected chi connectivity index (χ3v) is 7.35. The Morgan fingerprint density at radius 2 is 1.59 bits per heavy atom. The van der Waals surface area contributed by atoms with Crippen molar-refractivity contribution in [2.24, 2.45) is 5.92 Å². The van der Waals surface area contributed by atoms with E-state index in [1.54, 1.807) is 24.3 Å². The number of halogens is 1. The Labute approximate surface area is 188 Å². The van der Waals surface area contributed by atoms with Crippen molar-refractivity contribution in [2.45, 2.75) is 44.2 Å². The molecule has 2 aromatic rings. The second-order valence-corrected chi connectivity index (χ2v) is 10.1. The van der Waals surface area contributed by atoms with Crippen LogP contribution in [0.1, 0.15) is 42.6 Å². The maximum atomic E-state index is 13.1. The lowest BCUT2D eigenvalue weighted by molar-refractivity contribution is -0.124. The number of carbonyl (C=O) groups is 2. The summed E-state index contributed by atoms with van der Waals surface area (Å²) in [5, 5.41) is 5.48. The lowest BCUT2D eigenvalue weighted by atomic mass is 10.0. The molecule has 1 fully saturated rings. The lowest BCUT2D eigenvalue weighted by Crippen LogP contribution is -2.49. The number of nitrogens with zero attached hydrogens (tertiary/aromatic N) is 1. The average molecular weight is 462 g/mol. The van der Waals surface area contributed by atoms with Crippen molar-refractivity contribution < 1.29 is 22.4 Å². The summed E-state index contributed by atoms with van der Waals surface area (Å²) in [5.41, 5.74) is 1.01. The molecule has 1 unspecified atom stereocenters. The van der Waals surface area contributed by atoms with Gasteiger partial charge in [-0.15, -0.1) is 0 Å². The first-order valence-corrected chi connectivity index (χ1v) is 12.1. The molecule has 2 aromatic carbocycles. The topological polar surface area (TPSA) is 95.6 Å². The molecule has 7 nitrogen and oxygen atoms in total. The fourth-order valence-electron chi connectivity index (χ4n) is 3.52. The molecule has 1 saturated heterocycles. The summed E-state index contributed by atoms with van der Waals surface area (Å²) in [6.45, 7) is 4.90. The molecule has 1 atom stereocenters. The number of sulfonamides is 1. The second kappa shape index (κ2) is 10.2. The van der Waals surface area contributed by atoms with Gasteiger partial charge in [0.1, 0.15) is 11.9 Å². The van der Waals surface area contributed by atoms with Crippen LogP contribution in [-0.4, -0.2) is 43.7 Å². The largest absolute Gasteiger partial charge is 0.350 e. The summed E-state index contributed by atoms with van der Waals surface area (Å²) in [5.74, 6) is -1.44. The highest BCUT2D eigenvalue weighted by Gasteiger charge is 2.27. The molecule has 2 N–H and O–H groups in total. The molecule has 0 radical (unpaired) electrons. The smallest absolute Gasteiger partial charge is 0.251 e. The Bertz CT molecular complexity index is 1050. The van der Waals surface area contributed by atoms with E-state index in [-0.39, 0.29) is 28.8 Å². The van der Waals surface area contributed by atoms with Crippen LogP contribution in [0.5, 0.6) is 0 Å². The first-order valence-electron chi connectivity index (χ1n) is 10.6. The minimum absolute atomic E-state index is 0.174.